The van der Waals surface area contributed by atoms with E-state index in [1.54, 1.807) is 12.4 Å². The zero-order valence-electron chi connectivity index (χ0n) is 18.9. The molecule has 0 aliphatic heterocycles. The Bertz CT molecular complexity index is 854. The average Bonchev–Trinajstić information content (AvgIpc) is 2.68. The molecular weight excluding hydrogens is 374 g/mol. The van der Waals surface area contributed by atoms with Crippen molar-refractivity contribution in [1.29, 1.82) is 0 Å². The zero-order chi connectivity index (χ0) is 22.1. The summed E-state index contributed by atoms with van der Waals surface area (Å²) in [6.07, 6.45) is 4.99. The smallest absolute Gasteiger partial charge is 0.133 e. The summed E-state index contributed by atoms with van der Waals surface area (Å²) >= 11 is 0. The fourth-order valence-corrected chi connectivity index (χ4v) is 3.49. The number of hydrogen-bond acceptors (Lipinski definition) is 5. The van der Waals surface area contributed by atoms with Crippen molar-refractivity contribution in [2.24, 2.45) is 0 Å². The lowest BCUT2D eigenvalue weighted by Crippen LogP contribution is -2.17. The van der Waals surface area contributed by atoms with Crippen LogP contribution in [0, 0.1) is 41.5 Å². The van der Waals surface area contributed by atoms with Gasteiger partial charge in [-0.25, -0.2) is 9.97 Å². The summed E-state index contributed by atoms with van der Waals surface area (Å²) in [5, 5.41) is 11.5. The second-order valence-electron chi connectivity index (χ2n) is 7.70. The molecule has 0 atom stereocenters. The van der Waals surface area contributed by atoms with Crippen LogP contribution in [0.25, 0.3) is 0 Å². The number of hydrogen-bond donors (Lipinski definition) is 2. The third-order valence-electron chi connectivity index (χ3n) is 4.65. The van der Waals surface area contributed by atoms with Crippen molar-refractivity contribution >= 4 is 0 Å². The first kappa shape index (κ1) is 23.5. The fourth-order valence-electron chi connectivity index (χ4n) is 3.49. The van der Waals surface area contributed by atoms with E-state index in [2.05, 4.69) is 81.1 Å². The van der Waals surface area contributed by atoms with Crippen molar-refractivity contribution in [1.82, 2.24) is 15.3 Å². The molecule has 5 heteroatoms. The molecule has 0 bridgehead atoms. The minimum atomic E-state index is 0.160. The van der Waals surface area contributed by atoms with Gasteiger partial charge >= 0.3 is 0 Å². The third-order valence-corrected chi connectivity index (χ3v) is 4.65. The molecule has 160 valence electrons. The van der Waals surface area contributed by atoms with Gasteiger partial charge in [-0.15, -0.1) is 0 Å². The van der Waals surface area contributed by atoms with Crippen LogP contribution >= 0.6 is 0 Å². The van der Waals surface area contributed by atoms with Crippen molar-refractivity contribution in [3.05, 3.63) is 81.9 Å². The molecule has 0 saturated heterocycles. The van der Waals surface area contributed by atoms with E-state index in [-0.39, 0.29) is 6.61 Å². The van der Waals surface area contributed by atoms with Gasteiger partial charge in [0.2, 0.25) is 0 Å². The Morgan fingerprint density at radius 1 is 0.767 bits per heavy atom. The molecule has 0 amide bonds. The first-order valence-electron chi connectivity index (χ1n) is 10.2. The number of ether oxygens (including phenoxy) is 1. The van der Waals surface area contributed by atoms with E-state index in [1.807, 2.05) is 0 Å². The summed E-state index contributed by atoms with van der Waals surface area (Å²) in [5.74, 6) is 1.97. The number of aromatic nitrogens is 2. The zero-order valence-corrected chi connectivity index (χ0v) is 18.9. The highest BCUT2D eigenvalue weighted by molar-refractivity contribution is 5.50. The molecule has 3 aromatic rings. The maximum absolute atomic E-state index is 8.45. The van der Waals surface area contributed by atoms with Gasteiger partial charge in [-0.3, -0.25) is 0 Å². The lowest BCUT2D eigenvalue weighted by atomic mass is 10.0. The SMILES string of the molecule is Cc1cc(C)c(Oc2c(C)cc(C)cc2C)c(C)c1.OCCNCc1cncnc1. The number of aryl methyl sites for hydroxylation is 6. The summed E-state index contributed by atoms with van der Waals surface area (Å²) < 4.78 is 6.21. The Labute approximate surface area is 180 Å². The molecule has 0 fully saturated rings. The normalized spacial score (nSPS) is 10.4. The molecular formula is C25H33N3O2. The number of benzene rings is 2. The molecule has 1 aromatic heterocycles. The topological polar surface area (TPSA) is 67.3 Å². The Hall–Kier alpha value is -2.76. The van der Waals surface area contributed by atoms with Gasteiger partial charge in [0.1, 0.15) is 17.8 Å². The number of nitrogens with zero attached hydrogens (tertiary/aromatic N) is 2. The second kappa shape index (κ2) is 11.4. The van der Waals surface area contributed by atoms with Crippen molar-refractivity contribution in [3.8, 4) is 11.5 Å². The van der Waals surface area contributed by atoms with E-state index in [4.69, 9.17) is 9.84 Å². The largest absolute Gasteiger partial charge is 0.456 e. The van der Waals surface area contributed by atoms with Crippen LogP contribution in [-0.4, -0.2) is 28.2 Å². The highest BCUT2D eigenvalue weighted by Gasteiger charge is 2.11. The molecule has 0 unspecified atom stereocenters. The highest BCUT2D eigenvalue weighted by atomic mass is 16.5. The van der Waals surface area contributed by atoms with Gasteiger partial charge < -0.3 is 15.2 Å². The average molecular weight is 408 g/mol. The summed E-state index contributed by atoms with van der Waals surface area (Å²) in [7, 11) is 0. The standard InChI is InChI=1S/C18H22O.C7H11N3O/c1-11-7-13(3)17(14(4)8-11)19-18-15(5)9-12(2)10-16(18)6;11-2-1-8-3-7-4-9-6-10-5-7/h7-10H,1-6H3;4-6,8,11H,1-3H2. The third kappa shape index (κ3) is 6.94. The van der Waals surface area contributed by atoms with Crippen LogP contribution in [0.3, 0.4) is 0 Å². The van der Waals surface area contributed by atoms with Crippen LogP contribution in [0.1, 0.15) is 38.9 Å². The Morgan fingerprint density at radius 3 is 1.60 bits per heavy atom. The molecule has 30 heavy (non-hydrogen) atoms. The van der Waals surface area contributed by atoms with E-state index in [0.717, 1.165) is 17.1 Å². The van der Waals surface area contributed by atoms with Crippen molar-refractivity contribution in [2.75, 3.05) is 13.2 Å². The molecule has 2 N–H and O–H groups in total. The predicted molar refractivity (Wildman–Crippen MR) is 122 cm³/mol. The summed E-state index contributed by atoms with van der Waals surface area (Å²) in [4.78, 5) is 7.70. The van der Waals surface area contributed by atoms with Crippen LogP contribution in [0.2, 0.25) is 0 Å². The fraction of sp³-hybridized carbons (Fsp3) is 0.360. The van der Waals surface area contributed by atoms with Gasteiger partial charge in [-0.05, 0) is 63.8 Å². The predicted octanol–water partition coefficient (Wildman–Crippen LogP) is 4.89. The van der Waals surface area contributed by atoms with E-state index < -0.39 is 0 Å². The number of aliphatic hydroxyl groups excluding tert-OH is 1. The van der Waals surface area contributed by atoms with Gasteiger partial charge in [0.05, 0.1) is 6.61 Å². The van der Waals surface area contributed by atoms with Gasteiger partial charge in [0.25, 0.3) is 0 Å². The highest BCUT2D eigenvalue weighted by Crippen LogP contribution is 2.34. The molecule has 0 spiro atoms. The Morgan fingerprint density at radius 2 is 1.20 bits per heavy atom. The van der Waals surface area contributed by atoms with Gasteiger partial charge in [0, 0.05) is 31.0 Å². The minimum absolute atomic E-state index is 0.160. The quantitative estimate of drug-likeness (QED) is 0.570. The minimum Gasteiger partial charge on any atom is -0.456 e. The van der Waals surface area contributed by atoms with Crippen LogP contribution in [-0.2, 0) is 6.54 Å². The summed E-state index contributed by atoms with van der Waals surface area (Å²) in [5.41, 5.74) is 8.35. The second-order valence-corrected chi connectivity index (χ2v) is 7.70. The monoisotopic (exact) mass is 407 g/mol. The molecule has 1 heterocycles. The first-order chi connectivity index (χ1) is 14.3. The van der Waals surface area contributed by atoms with Gasteiger partial charge in [-0.1, -0.05) is 35.4 Å². The van der Waals surface area contributed by atoms with E-state index in [9.17, 15) is 0 Å². The number of rotatable bonds is 6. The molecule has 5 nitrogen and oxygen atoms in total. The number of nitrogens with one attached hydrogen (secondary N) is 1. The summed E-state index contributed by atoms with van der Waals surface area (Å²) in [6, 6.07) is 8.67. The maximum Gasteiger partial charge on any atom is 0.133 e. The van der Waals surface area contributed by atoms with Crippen molar-refractivity contribution in [3.63, 3.8) is 0 Å². The van der Waals surface area contributed by atoms with Crippen LogP contribution in [0.4, 0.5) is 0 Å². The molecule has 0 aliphatic rings. The maximum atomic E-state index is 8.45. The molecule has 0 aliphatic carbocycles. The van der Waals surface area contributed by atoms with Crippen LogP contribution in [0.15, 0.2) is 43.0 Å². The van der Waals surface area contributed by atoms with Crippen LogP contribution in [0.5, 0.6) is 11.5 Å². The lowest BCUT2D eigenvalue weighted by molar-refractivity contribution is 0.292. The van der Waals surface area contributed by atoms with Crippen molar-refractivity contribution in [2.45, 2.75) is 48.1 Å². The van der Waals surface area contributed by atoms with E-state index >= 15 is 0 Å². The first-order valence-corrected chi connectivity index (χ1v) is 10.2. The molecule has 0 radical (unpaired) electrons. The van der Waals surface area contributed by atoms with E-state index in [0.29, 0.717) is 13.1 Å². The molecule has 3 rings (SSSR count). The van der Waals surface area contributed by atoms with Gasteiger partial charge in [0.15, 0.2) is 0 Å². The summed E-state index contributed by atoms with van der Waals surface area (Å²) in [6.45, 7) is 14.1. The number of aliphatic hydroxyl groups is 1. The molecule has 2 aromatic carbocycles. The lowest BCUT2D eigenvalue weighted by Gasteiger charge is -2.17. The van der Waals surface area contributed by atoms with Crippen molar-refractivity contribution < 1.29 is 9.84 Å². The van der Waals surface area contributed by atoms with E-state index in [1.165, 1.54) is 39.7 Å². The Kier molecular flexibility index (Phi) is 8.96. The molecule has 0 saturated carbocycles. The van der Waals surface area contributed by atoms with Crippen LogP contribution < -0.4 is 10.1 Å². The Balaban J connectivity index is 0.000000248. The van der Waals surface area contributed by atoms with Gasteiger partial charge in [-0.2, -0.15) is 0 Å².